The number of rotatable bonds is 6. The van der Waals surface area contributed by atoms with E-state index in [0.717, 1.165) is 54.7 Å². The number of nitrogens with one attached hydrogen (secondary N) is 1. The molecule has 5 rings (SSSR count). The molecule has 2 aromatic carbocycles. The first-order chi connectivity index (χ1) is 16.1. The van der Waals surface area contributed by atoms with Crippen molar-refractivity contribution in [2.75, 3.05) is 36.5 Å². The van der Waals surface area contributed by atoms with Gasteiger partial charge in [-0.05, 0) is 31.2 Å². The van der Waals surface area contributed by atoms with E-state index in [-0.39, 0.29) is 30.5 Å². The number of nitrogens with zero attached hydrogens (tertiary/aromatic N) is 4. The number of anilines is 3. The zero-order valence-corrected chi connectivity index (χ0v) is 21.1. The van der Waals surface area contributed by atoms with Gasteiger partial charge in [0.2, 0.25) is 18.4 Å². The number of aromatic nitrogens is 3. The summed E-state index contributed by atoms with van der Waals surface area (Å²) in [4.78, 5) is 18.6. The van der Waals surface area contributed by atoms with Crippen LogP contribution in [0.15, 0.2) is 67.1 Å². The second-order valence-corrected chi connectivity index (χ2v) is 8.24. The number of amides is 1. The summed E-state index contributed by atoms with van der Waals surface area (Å²) in [6.07, 6.45) is 5.55. The Bertz CT molecular complexity index is 1280. The largest absolute Gasteiger partial charge is 1.00 e. The predicted octanol–water partition coefficient (Wildman–Crippen LogP) is -0.333. The van der Waals surface area contributed by atoms with Crippen molar-refractivity contribution in [1.82, 2.24) is 9.38 Å². The number of fused-ring (bicyclic) bond motifs is 1. The molecule has 34 heavy (non-hydrogen) atoms. The maximum atomic E-state index is 11.4. The number of hydrogen-bond donors (Lipinski definition) is 2. The van der Waals surface area contributed by atoms with Crippen LogP contribution in [0.3, 0.4) is 0 Å². The molecule has 9 heteroatoms. The van der Waals surface area contributed by atoms with Crippen LogP contribution in [0.5, 0.6) is 0 Å². The third-order valence-electron chi connectivity index (χ3n) is 5.80. The molecule has 3 heterocycles. The molecule has 0 bridgehead atoms. The second-order valence-electron chi connectivity index (χ2n) is 8.24. The summed E-state index contributed by atoms with van der Waals surface area (Å²) in [5.41, 5.74) is 11.3. The fraction of sp³-hybridized carbons (Fsp3) is 0.240. The quantitative estimate of drug-likeness (QED) is 0.245. The topological polar surface area (TPSA) is 88.8 Å². The van der Waals surface area contributed by atoms with Crippen molar-refractivity contribution in [3.05, 3.63) is 72.7 Å². The van der Waals surface area contributed by atoms with Gasteiger partial charge in [-0.25, -0.2) is 4.98 Å². The fourth-order valence-electron chi connectivity index (χ4n) is 4.06. The van der Waals surface area contributed by atoms with Gasteiger partial charge in [0.25, 0.3) is 5.91 Å². The van der Waals surface area contributed by atoms with Crippen LogP contribution in [0.4, 0.5) is 17.2 Å². The van der Waals surface area contributed by atoms with Gasteiger partial charge < -0.3 is 44.7 Å². The van der Waals surface area contributed by atoms with E-state index in [1.807, 2.05) is 23.0 Å². The number of hydrogen-bond acceptors (Lipinski definition) is 5. The zero-order chi connectivity index (χ0) is 22.8. The molecule has 1 aliphatic heterocycles. The first-order valence-corrected chi connectivity index (χ1v) is 11.0. The minimum absolute atomic E-state index is 0. The van der Waals surface area contributed by atoms with Crippen molar-refractivity contribution in [3.63, 3.8) is 0 Å². The van der Waals surface area contributed by atoms with Crippen LogP contribution in [0.25, 0.3) is 16.9 Å². The molecule has 1 aliphatic rings. The van der Waals surface area contributed by atoms with E-state index in [9.17, 15) is 4.79 Å². The molecule has 4 aromatic rings. The van der Waals surface area contributed by atoms with E-state index in [1.54, 1.807) is 4.57 Å². The average Bonchev–Trinajstić information content (AvgIpc) is 3.18. The molecule has 1 amide bonds. The highest BCUT2D eigenvalue weighted by Gasteiger charge is 2.19. The number of morpholine rings is 1. The molecule has 0 atom stereocenters. The fourth-order valence-corrected chi connectivity index (χ4v) is 4.06. The molecular weight excluding hydrogens is 543 g/mol. The number of carbonyl (C=O) groups excluding carboxylic acids is 1. The number of carbonyl (C=O) groups is 1. The number of benzene rings is 2. The minimum Gasteiger partial charge on any atom is -1.00 e. The van der Waals surface area contributed by atoms with Gasteiger partial charge >= 0.3 is 0 Å². The number of nitrogens with two attached hydrogens (primary N) is 1. The Kier molecular flexibility index (Phi) is 7.32. The molecular formula is C25H27IN6O2. The number of ether oxygens (including phenoxy) is 1. The highest BCUT2D eigenvalue weighted by atomic mass is 127. The van der Waals surface area contributed by atoms with Crippen molar-refractivity contribution >= 4 is 28.7 Å². The predicted molar refractivity (Wildman–Crippen MR) is 128 cm³/mol. The average molecular weight is 570 g/mol. The van der Waals surface area contributed by atoms with Gasteiger partial charge in [0.05, 0.1) is 19.4 Å². The number of halogens is 1. The minimum atomic E-state index is -0.396. The zero-order valence-electron chi connectivity index (χ0n) is 18.9. The van der Waals surface area contributed by atoms with Crippen LogP contribution in [0, 0.1) is 6.92 Å². The Morgan fingerprint density at radius 2 is 1.82 bits per heavy atom. The van der Waals surface area contributed by atoms with E-state index in [0.29, 0.717) is 0 Å². The van der Waals surface area contributed by atoms with E-state index in [2.05, 4.69) is 65.7 Å². The van der Waals surface area contributed by atoms with Gasteiger partial charge in [-0.3, -0.25) is 9.20 Å². The highest BCUT2D eigenvalue weighted by molar-refractivity contribution is 5.80. The van der Waals surface area contributed by atoms with Crippen LogP contribution in [-0.4, -0.2) is 41.6 Å². The number of aryl methyl sites for hydroxylation is 1. The first kappa shape index (κ1) is 24.0. The summed E-state index contributed by atoms with van der Waals surface area (Å²) < 4.78 is 9.20. The molecule has 2 aromatic heterocycles. The smallest absolute Gasteiger partial charge is 0.283 e. The standard InChI is InChI=1S/C25H26N6O2.HI/c1-18-2-6-20(7-3-18)27-25-24(28-23-17-29(16-22(26)32)10-11-31(23)25)19-4-8-21(9-5-19)30-12-14-33-15-13-30;/h2-11,17H,12-16H2,1H3,(H2,26,32);1H. The molecule has 0 radical (unpaired) electrons. The molecule has 1 saturated heterocycles. The van der Waals surface area contributed by atoms with Gasteiger partial charge in [-0.15, -0.1) is 0 Å². The third-order valence-corrected chi connectivity index (χ3v) is 5.80. The van der Waals surface area contributed by atoms with Crippen LogP contribution in [-0.2, 0) is 16.1 Å². The molecule has 3 N–H and O–H groups in total. The van der Waals surface area contributed by atoms with E-state index >= 15 is 0 Å². The van der Waals surface area contributed by atoms with Crippen molar-refractivity contribution in [1.29, 1.82) is 0 Å². The summed E-state index contributed by atoms with van der Waals surface area (Å²) >= 11 is 0. The van der Waals surface area contributed by atoms with Crippen molar-refractivity contribution in [2.24, 2.45) is 5.73 Å². The highest BCUT2D eigenvalue weighted by Crippen LogP contribution is 2.32. The SMILES string of the molecule is Cc1ccc(Nc2c(-c3ccc(N4CCOCC4)cc3)nc3c[n+](CC(N)=O)ccn23)cc1.[I-]. The molecule has 0 unspecified atom stereocenters. The summed E-state index contributed by atoms with van der Waals surface area (Å²) in [5, 5.41) is 3.53. The van der Waals surface area contributed by atoms with E-state index in [4.69, 9.17) is 15.5 Å². The lowest BCUT2D eigenvalue weighted by Gasteiger charge is -2.28. The van der Waals surface area contributed by atoms with Crippen molar-refractivity contribution in [2.45, 2.75) is 13.5 Å². The van der Waals surface area contributed by atoms with Gasteiger partial charge in [-0.2, -0.15) is 4.57 Å². The van der Waals surface area contributed by atoms with Crippen LogP contribution >= 0.6 is 0 Å². The summed E-state index contributed by atoms with van der Waals surface area (Å²) in [5.74, 6) is 0.465. The Morgan fingerprint density at radius 1 is 1.12 bits per heavy atom. The lowest BCUT2D eigenvalue weighted by Crippen LogP contribution is -3.00. The van der Waals surface area contributed by atoms with Gasteiger partial charge in [0, 0.05) is 30.0 Å². The van der Waals surface area contributed by atoms with E-state index < -0.39 is 5.91 Å². The lowest BCUT2D eigenvalue weighted by molar-refractivity contribution is -0.683. The van der Waals surface area contributed by atoms with Gasteiger partial charge in [0.15, 0.2) is 6.20 Å². The molecule has 0 spiro atoms. The summed E-state index contributed by atoms with van der Waals surface area (Å²) in [6.45, 7) is 5.47. The van der Waals surface area contributed by atoms with E-state index in [1.165, 1.54) is 11.3 Å². The second kappa shape index (κ2) is 10.4. The maximum Gasteiger partial charge on any atom is 0.283 e. The van der Waals surface area contributed by atoms with Crippen molar-refractivity contribution in [3.8, 4) is 11.3 Å². The van der Waals surface area contributed by atoms with Gasteiger partial charge in [0.1, 0.15) is 11.5 Å². The Hall–Kier alpha value is -3.18. The third kappa shape index (κ3) is 5.15. The van der Waals surface area contributed by atoms with Crippen LogP contribution < -0.4 is 44.5 Å². The molecule has 8 nitrogen and oxygen atoms in total. The van der Waals surface area contributed by atoms with Crippen LogP contribution in [0.2, 0.25) is 0 Å². The Labute approximate surface area is 215 Å². The van der Waals surface area contributed by atoms with Crippen LogP contribution in [0.1, 0.15) is 5.56 Å². The monoisotopic (exact) mass is 570 g/mol. The normalized spacial score (nSPS) is 13.5. The Morgan fingerprint density at radius 3 is 2.50 bits per heavy atom. The maximum absolute atomic E-state index is 11.4. The van der Waals surface area contributed by atoms with Gasteiger partial charge in [-0.1, -0.05) is 29.8 Å². The first-order valence-electron chi connectivity index (χ1n) is 11.0. The summed E-state index contributed by atoms with van der Waals surface area (Å²) in [6, 6.07) is 16.7. The van der Waals surface area contributed by atoms with Crippen molar-refractivity contribution < 1.29 is 38.1 Å². The molecule has 176 valence electrons. The number of imidazole rings is 1. The molecule has 1 fully saturated rings. The molecule has 0 aliphatic carbocycles. The Balaban J connectivity index is 0.00000274. The molecule has 0 saturated carbocycles. The lowest BCUT2D eigenvalue weighted by atomic mass is 10.1. The summed E-state index contributed by atoms with van der Waals surface area (Å²) in [7, 11) is 0. The number of primary amides is 1.